The highest BCUT2D eigenvalue weighted by molar-refractivity contribution is 7.13. The fourth-order valence-electron chi connectivity index (χ4n) is 4.51. The van der Waals surface area contributed by atoms with Crippen molar-refractivity contribution >= 4 is 39.0 Å². The fraction of sp³-hybridized carbons (Fsp3) is 0.440. The van der Waals surface area contributed by atoms with E-state index in [4.69, 9.17) is 13.8 Å². The number of carbonyl (C=O) groups excluding carboxylic acids is 1. The zero-order valence-corrected chi connectivity index (χ0v) is 19.8. The summed E-state index contributed by atoms with van der Waals surface area (Å²) in [7, 11) is 1.71. The number of hydrogen-bond acceptors (Lipinski definition) is 7. The minimum Gasteiger partial charge on any atom is -0.497 e. The number of carbonyl (C=O) groups is 1. The molecule has 3 heterocycles. The van der Waals surface area contributed by atoms with E-state index in [-0.39, 0.29) is 5.91 Å². The molecule has 2 aliphatic rings. The average molecular weight is 467 g/mol. The molecule has 0 aliphatic carbocycles. The number of aromatic nitrogens is 1. The van der Waals surface area contributed by atoms with Gasteiger partial charge in [-0.05, 0) is 67.2 Å². The van der Waals surface area contributed by atoms with Gasteiger partial charge in [-0.15, -0.1) is 0 Å². The molecule has 1 amide bonds. The maximum Gasteiger partial charge on any atom is 0.224 e. The number of hydrogen-bond donors (Lipinski definition) is 1. The van der Waals surface area contributed by atoms with E-state index in [1.165, 1.54) is 15.6 Å². The Morgan fingerprint density at radius 3 is 2.73 bits per heavy atom. The minimum atomic E-state index is 0.0856. The zero-order valence-electron chi connectivity index (χ0n) is 19.0. The Kier molecular flexibility index (Phi) is 6.64. The molecule has 0 saturated carbocycles. The van der Waals surface area contributed by atoms with Crippen molar-refractivity contribution in [2.45, 2.75) is 25.7 Å². The lowest BCUT2D eigenvalue weighted by molar-refractivity contribution is -0.116. The lowest BCUT2D eigenvalue weighted by Crippen LogP contribution is -2.46. The van der Waals surface area contributed by atoms with Crippen molar-refractivity contribution in [3.8, 4) is 11.5 Å². The van der Waals surface area contributed by atoms with Crippen LogP contribution < -0.4 is 19.7 Å². The molecule has 1 fully saturated rings. The smallest absolute Gasteiger partial charge is 0.224 e. The van der Waals surface area contributed by atoms with Gasteiger partial charge in [-0.25, -0.2) is 0 Å². The Morgan fingerprint density at radius 2 is 1.88 bits per heavy atom. The molecular formula is C25H30N4O3S. The van der Waals surface area contributed by atoms with Crippen LogP contribution in [0.5, 0.6) is 11.5 Å². The van der Waals surface area contributed by atoms with Crippen LogP contribution in [0.3, 0.4) is 0 Å². The molecule has 0 atom stereocenters. The maximum absolute atomic E-state index is 11.6. The van der Waals surface area contributed by atoms with E-state index >= 15 is 0 Å². The van der Waals surface area contributed by atoms with Gasteiger partial charge >= 0.3 is 0 Å². The van der Waals surface area contributed by atoms with Crippen LogP contribution in [0, 0.1) is 0 Å². The minimum absolute atomic E-state index is 0.0856. The van der Waals surface area contributed by atoms with Crippen molar-refractivity contribution in [2.24, 2.45) is 0 Å². The molecule has 8 heteroatoms. The largest absolute Gasteiger partial charge is 0.497 e. The molecule has 2 aliphatic heterocycles. The van der Waals surface area contributed by atoms with E-state index in [0.29, 0.717) is 13.0 Å². The normalized spacial score (nSPS) is 16.5. The monoisotopic (exact) mass is 466 g/mol. The Hall–Kier alpha value is -2.84. The summed E-state index contributed by atoms with van der Waals surface area (Å²) in [6, 6.07) is 12.2. The molecule has 1 aromatic heterocycles. The van der Waals surface area contributed by atoms with Gasteiger partial charge in [0.1, 0.15) is 17.3 Å². The SMILES string of the molecule is COc1ccc2snc(N3CCN(CCCCOc4ccc5c(c4)NC(=O)CC5)CC3)c2c1. The highest BCUT2D eigenvalue weighted by atomic mass is 32.1. The zero-order chi connectivity index (χ0) is 22.6. The number of benzene rings is 2. The predicted molar refractivity (Wildman–Crippen MR) is 133 cm³/mol. The van der Waals surface area contributed by atoms with Gasteiger partial charge in [-0.1, -0.05) is 6.07 Å². The molecule has 5 rings (SSSR count). The second-order valence-electron chi connectivity index (χ2n) is 8.62. The number of piperazine rings is 1. The highest BCUT2D eigenvalue weighted by Gasteiger charge is 2.21. The van der Waals surface area contributed by atoms with Gasteiger partial charge in [-0.2, -0.15) is 4.37 Å². The quantitative estimate of drug-likeness (QED) is 0.503. The van der Waals surface area contributed by atoms with Crippen molar-refractivity contribution in [2.75, 3.05) is 56.7 Å². The molecule has 0 radical (unpaired) electrons. The topological polar surface area (TPSA) is 66.9 Å². The van der Waals surface area contributed by atoms with Gasteiger partial charge in [0.25, 0.3) is 0 Å². The number of fused-ring (bicyclic) bond motifs is 2. The second kappa shape index (κ2) is 9.97. The Balaban J connectivity index is 1.04. The molecule has 2 aromatic carbocycles. The number of nitrogens with zero attached hydrogens (tertiary/aromatic N) is 3. The summed E-state index contributed by atoms with van der Waals surface area (Å²) < 4.78 is 17.2. The number of methoxy groups -OCH3 is 1. The van der Waals surface area contributed by atoms with Gasteiger partial charge in [0, 0.05) is 49.7 Å². The molecule has 1 saturated heterocycles. The third-order valence-corrected chi connectivity index (χ3v) is 7.26. The molecule has 0 bridgehead atoms. The van der Waals surface area contributed by atoms with E-state index in [9.17, 15) is 4.79 Å². The number of anilines is 2. The van der Waals surface area contributed by atoms with Gasteiger partial charge in [0.05, 0.1) is 18.4 Å². The second-order valence-corrected chi connectivity index (χ2v) is 9.42. The van der Waals surface area contributed by atoms with Crippen molar-refractivity contribution in [1.29, 1.82) is 0 Å². The van der Waals surface area contributed by atoms with Crippen LogP contribution in [-0.2, 0) is 11.2 Å². The van der Waals surface area contributed by atoms with Gasteiger partial charge < -0.3 is 19.7 Å². The first-order valence-corrected chi connectivity index (χ1v) is 12.4. The molecule has 174 valence electrons. The summed E-state index contributed by atoms with van der Waals surface area (Å²) in [6.07, 6.45) is 3.50. The first kappa shape index (κ1) is 22.0. The standard InChI is InChI=1S/C25H30N4O3S/c1-31-19-7-8-23-21(16-19)25(27-33-23)29-13-11-28(12-14-29)10-2-3-15-32-20-6-4-18-5-9-24(30)26-22(18)17-20/h4,6-8,16-17H,2-3,5,9-15H2,1H3,(H,26,30). The molecule has 3 aromatic rings. The van der Waals surface area contributed by atoms with E-state index in [1.807, 2.05) is 18.2 Å². The summed E-state index contributed by atoms with van der Waals surface area (Å²) in [4.78, 5) is 16.5. The Morgan fingerprint density at radius 1 is 1.03 bits per heavy atom. The molecule has 0 unspecified atom stereocenters. The number of nitrogens with one attached hydrogen (secondary N) is 1. The predicted octanol–water partition coefficient (Wildman–Crippen LogP) is 4.17. The van der Waals surface area contributed by atoms with Crippen LogP contribution in [0.25, 0.3) is 10.1 Å². The van der Waals surface area contributed by atoms with Crippen molar-refractivity contribution in [3.63, 3.8) is 0 Å². The van der Waals surface area contributed by atoms with Crippen LogP contribution in [0.15, 0.2) is 36.4 Å². The summed E-state index contributed by atoms with van der Waals surface area (Å²) in [5, 5.41) is 4.12. The first-order chi connectivity index (χ1) is 16.2. The lowest BCUT2D eigenvalue weighted by Gasteiger charge is -2.35. The number of aryl methyl sites for hydroxylation is 1. The number of unbranched alkanes of at least 4 members (excludes halogenated alkanes) is 1. The summed E-state index contributed by atoms with van der Waals surface area (Å²) in [5.74, 6) is 2.88. The molecular weight excluding hydrogens is 436 g/mol. The van der Waals surface area contributed by atoms with Crippen LogP contribution in [0.4, 0.5) is 11.5 Å². The Bertz CT molecular complexity index is 1120. The van der Waals surface area contributed by atoms with Crippen molar-refractivity contribution in [3.05, 3.63) is 42.0 Å². The van der Waals surface area contributed by atoms with Gasteiger partial charge in [-0.3, -0.25) is 9.69 Å². The summed E-state index contributed by atoms with van der Waals surface area (Å²) >= 11 is 1.56. The van der Waals surface area contributed by atoms with E-state index in [1.54, 1.807) is 18.6 Å². The molecule has 33 heavy (non-hydrogen) atoms. The number of ether oxygens (including phenoxy) is 2. The van der Waals surface area contributed by atoms with Crippen LogP contribution >= 0.6 is 11.5 Å². The maximum atomic E-state index is 11.6. The number of rotatable bonds is 8. The van der Waals surface area contributed by atoms with Crippen LogP contribution in [0.1, 0.15) is 24.8 Å². The van der Waals surface area contributed by atoms with Gasteiger partial charge in [0.15, 0.2) is 0 Å². The molecule has 7 nitrogen and oxygen atoms in total. The van der Waals surface area contributed by atoms with Gasteiger partial charge in [0.2, 0.25) is 5.91 Å². The average Bonchev–Trinajstić information content (AvgIpc) is 3.27. The highest BCUT2D eigenvalue weighted by Crippen LogP contribution is 2.33. The van der Waals surface area contributed by atoms with E-state index in [2.05, 4.69) is 33.3 Å². The van der Waals surface area contributed by atoms with Crippen molar-refractivity contribution in [1.82, 2.24) is 9.27 Å². The number of amides is 1. The molecule has 0 spiro atoms. The Labute approximate surface area is 198 Å². The van der Waals surface area contributed by atoms with E-state index in [0.717, 1.165) is 75.0 Å². The van der Waals surface area contributed by atoms with Crippen LogP contribution in [-0.4, -0.2) is 61.6 Å². The molecule has 1 N–H and O–H groups in total. The van der Waals surface area contributed by atoms with Crippen molar-refractivity contribution < 1.29 is 14.3 Å². The third kappa shape index (κ3) is 5.07. The summed E-state index contributed by atoms with van der Waals surface area (Å²) in [6.45, 7) is 5.87. The van der Waals surface area contributed by atoms with Crippen LogP contribution in [0.2, 0.25) is 0 Å². The first-order valence-electron chi connectivity index (χ1n) is 11.7. The third-order valence-electron chi connectivity index (χ3n) is 6.44. The lowest BCUT2D eigenvalue weighted by atomic mass is 10.0. The van der Waals surface area contributed by atoms with E-state index < -0.39 is 0 Å². The fourth-order valence-corrected chi connectivity index (χ4v) is 5.29. The summed E-state index contributed by atoms with van der Waals surface area (Å²) in [5.41, 5.74) is 2.08.